The molecule has 0 saturated heterocycles. The van der Waals surface area contributed by atoms with Crippen LogP contribution in [0.5, 0.6) is 0 Å². The minimum Gasteiger partial charge on any atom is -0.325 e. The summed E-state index contributed by atoms with van der Waals surface area (Å²) < 4.78 is 28.3. The molecule has 3 rings (SSSR count). The summed E-state index contributed by atoms with van der Waals surface area (Å²) in [7, 11) is 0. The van der Waals surface area contributed by atoms with Crippen LogP contribution in [0.3, 0.4) is 0 Å². The first-order valence-electron chi connectivity index (χ1n) is 8.86. The Labute approximate surface area is 166 Å². The van der Waals surface area contributed by atoms with Crippen molar-refractivity contribution < 1.29 is 13.6 Å². The first-order chi connectivity index (χ1) is 13.5. The summed E-state index contributed by atoms with van der Waals surface area (Å²) in [6.07, 6.45) is 0.650. The molecule has 2 aromatic carbocycles. The third-order valence-electron chi connectivity index (χ3n) is 4.15. The molecule has 8 heteroatoms. The molecule has 0 bridgehead atoms. The molecule has 1 aromatic heterocycles. The van der Waals surface area contributed by atoms with Gasteiger partial charge in [-0.1, -0.05) is 42.1 Å². The van der Waals surface area contributed by atoms with E-state index in [1.165, 1.54) is 17.8 Å². The number of carbonyl (C=O) groups excluding carboxylic acids is 1. The van der Waals surface area contributed by atoms with Crippen molar-refractivity contribution in [2.45, 2.75) is 37.2 Å². The van der Waals surface area contributed by atoms with Gasteiger partial charge in [0.1, 0.15) is 5.82 Å². The van der Waals surface area contributed by atoms with Crippen LogP contribution in [0.25, 0.3) is 0 Å². The van der Waals surface area contributed by atoms with Crippen molar-refractivity contribution in [1.82, 2.24) is 14.8 Å². The van der Waals surface area contributed by atoms with E-state index < -0.39 is 16.9 Å². The van der Waals surface area contributed by atoms with Crippen LogP contribution in [-0.2, 0) is 17.8 Å². The molecule has 1 amide bonds. The van der Waals surface area contributed by atoms with Crippen molar-refractivity contribution in [2.24, 2.45) is 0 Å². The Balaban J connectivity index is 1.68. The molecule has 1 heterocycles. The van der Waals surface area contributed by atoms with Crippen LogP contribution in [0.2, 0.25) is 0 Å². The predicted octanol–water partition coefficient (Wildman–Crippen LogP) is 4.29. The number of amides is 1. The van der Waals surface area contributed by atoms with Gasteiger partial charge in [0.15, 0.2) is 16.8 Å². The zero-order valence-corrected chi connectivity index (χ0v) is 16.3. The fraction of sp³-hybridized carbons (Fsp3) is 0.250. The van der Waals surface area contributed by atoms with Crippen LogP contribution in [0, 0.1) is 11.6 Å². The van der Waals surface area contributed by atoms with Crippen LogP contribution in [0.4, 0.5) is 14.5 Å². The average Bonchev–Trinajstić information content (AvgIpc) is 3.06. The molecule has 146 valence electrons. The third kappa shape index (κ3) is 4.75. The van der Waals surface area contributed by atoms with Gasteiger partial charge in [-0.05, 0) is 31.5 Å². The molecule has 3 aromatic rings. The number of carbonyl (C=O) groups is 1. The highest BCUT2D eigenvalue weighted by molar-refractivity contribution is 8.00. The number of anilines is 1. The largest absolute Gasteiger partial charge is 0.325 e. The molecule has 0 aliphatic heterocycles. The molecule has 0 aliphatic carbocycles. The summed E-state index contributed by atoms with van der Waals surface area (Å²) in [5, 5.41) is 11.2. The maximum atomic E-state index is 13.3. The molecule has 1 N–H and O–H groups in total. The van der Waals surface area contributed by atoms with Crippen molar-refractivity contribution >= 4 is 23.4 Å². The van der Waals surface area contributed by atoms with E-state index in [1.54, 1.807) is 6.92 Å². The van der Waals surface area contributed by atoms with E-state index in [-0.39, 0.29) is 11.6 Å². The van der Waals surface area contributed by atoms with Crippen molar-refractivity contribution in [2.75, 3.05) is 5.32 Å². The molecule has 5 nitrogen and oxygen atoms in total. The number of benzene rings is 2. The minimum absolute atomic E-state index is 0.207. The number of nitrogens with one attached hydrogen (secondary N) is 1. The number of aromatic nitrogens is 3. The van der Waals surface area contributed by atoms with E-state index >= 15 is 0 Å². The number of halogens is 2. The van der Waals surface area contributed by atoms with Crippen LogP contribution >= 0.6 is 11.8 Å². The van der Waals surface area contributed by atoms with Gasteiger partial charge >= 0.3 is 0 Å². The Kier molecular flexibility index (Phi) is 6.41. The fourth-order valence-electron chi connectivity index (χ4n) is 2.66. The third-order valence-corrected chi connectivity index (χ3v) is 5.23. The summed E-state index contributed by atoms with van der Waals surface area (Å²) >= 11 is 1.27. The number of thioether (sulfide) groups is 1. The van der Waals surface area contributed by atoms with Gasteiger partial charge in [0.05, 0.1) is 5.25 Å². The maximum Gasteiger partial charge on any atom is 0.237 e. The first kappa shape index (κ1) is 20.0. The molecule has 0 radical (unpaired) electrons. The van der Waals surface area contributed by atoms with E-state index in [0.717, 1.165) is 23.5 Å². The van der Waals surface area contributed by atoms with Crippen molar-refractivity contribution in [3.05, 3.63) is 71.6 Å². The van der Waals surface area contributed by atoms with Crippen LogP contribution in [-0.4, -0.2) is 25.9 Å². The zero-order valence-electron chi connectivity index (χ0n) is 15.5. The summed E-state index contributed by atoms with van der Waals surface area (Å²) in [5.74, 6) is -1.47. The fourth-order valence-corrected chi connectivity index (χ4v) is 3.59. The highest BCUT2D eigenvalue weighted by atomic mass is 32.2. The summed E-state index contributed by atoms with van der Waals surface area (Å²) in [6, 6.07) is 13.2. The second kappa shape index (κ2) is 8.97. The van der Waals surface area contributed by atoms with Gasteiger partial charge in [0.2, 0.25) is 5.91 Å². The van der Waals surface area contributed by atoms with Gasteiger partial charge in [0.25, 0.3) is 0 Å². The van der Waals surface area contributed by atoms with E-state index in [4.69, 9.17) is 0 Å². The summed E-state index contributed by atoms with van der Waals surface area (Å²) in [4.78, 5) is 12.4. The molecule has 0 saturated carbocycles. The van der Waals surface area contributed by atoms with Crippen LogP contribution in [0.15, 0.2) is 53.7 Å². The van der Waals surface area contributed by atoms with Crippen LogP contribution in [0.1, 0.15) is 25.2 Å². The van der Waals surface area contributed by atoms with Gasteiger partial charge in [-0.25, -0.2) is 8.78 Å². The Bertz CT molecular complexity index is 962. The lowest BCUT2D eigenvalue weighted by Gasteiger charge is -2.13. The second-order valence-electron chi connectivity index (χ2n) is 6.18. The quantitative estimate of drug-likeness (QED) is 0.599. The van der Waals surface area contributed by atoms with E-state index in [9.17, 15) is 13.6 Å². The smallest absolute Gasteiger partial charge is 0.237 e. The van der Waals surface area contributed by atoms with Gasteiger partial charge in [-0.15, -0.1) is 10.2 Å². The summed E-state index contributed by atoms with van der Waals surface area (Å²) in [6.45, 7) is 4.40. The predicted molar refractivity (Wildman–Crippen MR) is 105 cm³/mol. The molecule has 0 fully saturated rings. The monoisotopic (exact) mass is 402 g/mol. The minimum atomic E-state index is -1.01. The number of rotatable bonds is 7. The van der Waals surface area contributed by atoms with Gasteiger partial charge in [0, 0.05) is 24.7 Å². The van der Waals surface area contributed by atoms with E-state index in [0.29, 0.717) is 18.1 Å². The molecule has 1 atom stereocenters. The maximum absolute atomic E-state index is 13.3. The van der Waals surface area contributed by atoms with Gasteiger partial charge in [-0.2, -0.15) is 0 Å². The molecular formula is C20H20F2N4OS. The standard InChI is InChI=1S/C20H20F2N4OS/c1-3-26-18(11-14-7-5-4-6-8-14)24-25-20(26)28-13(2)19(27)23-15-9-10-16(21)17(22)12-15/h4-10,12-13H,3,11H2,1-2H3,(H,23,27)/t13-/m0/s1. The molecular weight excluding hydrogens is 382 g/mol. The average molecular weight is 402 g/mol. The summed E-state index contributed by atoms with van der Waals surface area (Å²) in [5.41, 5.74) is 1.34. The van der Waals surface area contributed by atoms with Gasteiger partial charge < -0.3 is 9.88 Å². The lowest BCUT2D eigenvalue weighted by atomic mass is 10.1. The number of hydrogen-bond donors (Lipinski definition) is 1. The highest BCUT2D eigenvalue weighted by Crippen LogP contribution is 2.24. The topological polar surface area (TPSA) is 59.8 Å². The zero-order chi connectivity index (χ0) is 20.1. The highest BCUT2D eigenvalue weighted by Gasteiger charge is 2.20. The van der Waals surface area contributed by atoms with Crippen molar-refractivity contribution in [1.29, 1.82) is 0 Å². The lowest BCUT2D eigenvalue weighted by Crippen LogP contribution is -2.23. The first-order valence-corrected chi connectivity index (χ1v) is 9.74. The molecule has 0 aliphatic rings. The lowest BCUT2D eigenvalue weighted by molar-refractivity contribution is -0.115. The Morgan fingerprint density at radius 1 is 1.14 bits per heavy atom. The second-order valence-corrected chi connectivity index (χ2v) is 7.49. The molecule has 0 unspecified atom stereocenters. The normalized spacial score (nSPS) is 12.0. The SMILES string of the molecule is CCn1c(Cc2ccccc2)nnc1S[C@@H](C)C(=O)Nc1ccc(F)c(F)c1. The number of hydrogen-bond acceptors (Lipinski definition) is 4. The molecule has 0 spiro atoms. The van der Waals surface area contributed by atoms with E-state index in [2.05, 4.69) is 15.5 Å². The Morgan fingerprint density at radius 2 is 1.89 bits per heavy atom. The number of nitrogens with zero attached hydrogens (tertiary/aromatic N) is 3. The van der Waals surface area contributed by atoms with Crippen molar-refractivity contribution in [3.8, 4) is 0 Å². The van der Waals surface area contributed by atoms with E-state index in [1.807, 2.05) is 41.8 Å². The molecule has 28 heavy (non-hydrogen) atoms. The van der Waals surface area contributed by atoms with Crippen molar-refractivity contribution in [3.63, 3.8) is 0 Å². The van der Waals surface area contributed by atoms with Crippen LogP contribution < -0.4 is 5.32 Å². The van der Waals surface area contributed by atoms with Gasteiger partial charge in [-0.3, -0.25) is 4.79 Å². The Hall–Kier alpha value is -2.74. The Morgan fingerprint density at radius 3 is 2.57 bits per heavy atom.